The fraction of sp³-hybridized carbons (Fsp3) is 0.750. The molecular formula is C16H28AcN3O3-. The first kappa shape index (κ1) is 22.9. The molecule has 1 radical (unpaired) electrons. The van der Waals surface area contributed by atoms with Gasteiger partial charge in [0.2, 0.25) is 0 Å². The first-order valence-electron chi connectivity index (χ1n) is 7.73. The minimum absolute atomic E-state index is 0. The summed E-state index contributed by atoms with van der Waals surface area (Å²) in [5.41, 5.74) is 7.72. The topological polar surface area (TPSA) is 88.2 Å². The SMILES string of the molecule is CC(C)CC(NC(=O)OC(C)(C)C)c1cc(CC(C)[NH-])on1.[Ac]. The van der Waals surface area contributed by atoms with Gasteiger partial charge >= 0.3 is 6.09 Å². The number of carbonyl (C=O) groups is 1. The molecule has 0 aliphatic heterocycles. The maximum Gasteiger partial charge on any atom is 0.408 e. The van der Waals surface area contributed by atoms with Gasteiger partial charge in [-0.15, -0.1) is 6.04 Å². The first-order valence-corrected chi connectivity index (χ1v) is 7.73. The summed E-state index contributed by atoms with van der Waals surface area (Å²) in [6.07, 6.45) is 0.784. The molecule has 0 aliphatic carbocycles. The second-order valence-corrected chi connectivity index (χ2v) is 7.15. The van der Waals surface area contributed by atoms with Crippen molar-refractivity contribution in [2.24, 2.45) is 5.92 Å². The summed E-state index contributed by atoms with van der Waals surface area (Å²) in [6.45, 7) is 11.4. The predicted molar refractivity (Wildman–Crippen MR) is 85.6 cm³/mol. The summed E-state index contributed by atoms with van der Waals surface area (Å²) in [5, 5.41) is 6.90. The van der Waals surface area contributed by atoms with E-state index >= 15 is 0 Å². The fourth-order valence-corrected chi connectivity index (χ4v) is 2.07. The third-order valence-electron chi connectivity index (χ3n) is 2.84. The third-order valence-corrected chi connectivity index (χ3v) is 2.84. The van der Waals surface area contributed by atoms with Crippen molar-refractivity contribution in [3.05, 3.63) is 23.3 Å². The molecule has 2 N–H and O–H groups in total. The number of carbonyl (C=O) groups excluding carboxylic acids is 1. The fourth-order valence-electron chi connectivity index (χ4n) is 2.07. The van der Waals surface area contributed by atoms with Crippen molar-refractivity contribution in [3.63, 3.8) is 0 Å². The molecule has 1 amide bonds. The number of amides is 1. The Labute approximate surface area is 174 Å². The maximum absolute atomic E-state index is 12.0. The average molecular weight is 537 g/mol. The molecule has 0 bridgehead atoms. The molecule has 0 spiro atoms. The Morgan fingerprint density at radius 1 is 1.39 bits per heavy atom. The zero-order valence-electron chi connectivity index (χ0n) is 15.0. The van der Waals surface area contributed by atoms with Crippen molar-refractivity contribution in [2.45, 2.75) is 72.1 Å². The van der Waals surface area contributed by atoms with E-state index in [4.69, 9.17) is 15.0 Å². The van der Waals surface area contributed by atoms with Crippen molar-refractivity contribution in [1.82, 2.24) is 10.5 Å². The quantitative estimate of drug-likeness (QED) is 0.587. The van der Waals surface area contributed by atoms with E-state index < -0.39 is 11.7 Å². The van der Waals surface area contributed by atoms with Gasteiger partial charge in [0, 0.05) is 50.1 Å². The van der Waals surface area contributed by atoms with Crippen molar-refractivity contribution < 1.29 is 58.1 Å². The Bertz CT molecular complexity index is 481. The molecule has 0 aliphatic rings. The monoisotopic (exact) mass is 537 g/mol. The number of hydrogen-bond donors (Lipinski definition) is 1. The second kappa shape index (κ2) is 10.0. The van der Waals surface area contributed by atoms with Gasteiger partial charge in [-0.05, 0) is 39.5 Å². The van der Waals surface area contributed by atoms with Gasteiger partial charge in [-0.25, -0.2) is 4.79 Å². The van der Waals surface area contributed by atoms with Crippen LogP contribution in [0.4, 0.5) is 4.79 Å². The second-order valence-electron chi connectivity index (χ2n) is 7.15. The van der Waals surface area contributed by atoms with Crippen molar-refractivity contribution in [1.29, 1.82) is 0 Å². The molecule has 2 atom stereocenters. The summed E-state index contributed by atoms with van der Waals surface area (Å²) in [4.78, 5) is 12.0. The van der Waals surface area contributed by atoms with Gasteiger partial charge in [0.15, 0.2) is 0 Å². The molecule has 1 aromatic heterocycles. The number of ether oxygens (including phenoxy) is 1. The molecule has 1 rings (SSSR count). The van der Waals surface area contributed by atoms with Gasteiger partial charge in [0.05, 0.1) is 6.04 Å². The Morgan fingerprint density at radius 3 is 2.48 bits per heavy atom. The Balaban J connectivity index is 0.00000484. The van der Waals surface area contributed by atoms with Crippen LogP contribution in [-0.4, -0.2) is 22.9 Å². The number of aromatic nitrogens is 1. The summed E-state index contributed by atoms with van der Waals surface area (Å²) >= 11 is 0. The van der Waals surface area contributed by atoms with E-state index in [1.54, 1.807) is 6.92 Å². The normalized spacial score (nSPS) is 14.1. The summed E-state index contributed by atoms with van der Waals surface area (Å²) < 4.78 is 10.6. The zero-order chi connectivity index (χ0) is 16.9. The molecular weight excluding hydrogens is 509 g/mol. The van der Waals surface area contributed by atoms with Gasteiger partial charge in [-0.1, -0.05) is 25.9 Å². The smallest absolute Gasteiger partial charge is 0.408 e. The molecule has 0 saturated carbocycles. The molecule has 129 valence electrons. The Morgan fingerprint density at radius 2 is 2.00 bits per heavy atom. The minimum Gasteiger partial charge on any atom is -0.675 e. The van der Waals surface area contributed by atoms with Gasteiger partial charge in [0.25, 0.3) is 0 Å². The van der Waals surface area contributed by atoms with E-state index in [2.05, 4.69) is 24.3 Å². The molecule has 1 aromatic rings. The van der Waals surface area contributed by atoms with Crippen molar-refractivity contribution >= 4 is 6.09 Å². The Kier molecular flexibility index (Phi) is 9.95. The van der Waals surface area contributed by atoms with Gasteiger partial charge in [0.1, 0.15) is 17.1 Å². The number of alkyl carbamates (subject to hydrolysis) is 1. The number of nitrogens with one attached hydrogen (secondary N) is 2. The van der Waals surface area contributed by atoms with Crippen LogP contribution in [0, 0.1) is 50.0 Å². The van der Waals surface area contributed by atoms with Gasteiger partial charge < -0.3 is 20.3 Å². The molecule has 2 unspecified atom stereocenters. The zero-order valence-corrected chi connectivity index (χ0v) is 19.7. The summed E-state index contributed by atoms with van der Waals surface area (Å²) in [7, 11) is 0. The van der Waals surface area contributed by atoms with E-state index in [0.29, 0.717) is 23.8 Å². The number of rotatable bonds is 6. The van der Waals surface area contributed by atoms with Crippen LogP contribution in [0.25, 0.3) is 5.73 Å². The van der Waals surface area contributed by atoms with E-state index in [1.807, 2.05) is 26.8 Å². The van der Waals surface area contributed by atoms with Crippen LogP contribution in [-0.2, 0) is 11.2 Å². The van der Waals surface area contributed by atoms with E-state index in [-0.39, 0.29) is 56.1 Å². The molecule has 0 fully saturated rings. The van der Waals surface area contributed by atoms with Crippen molar-refractivity contribution in [3.8, 4) is 0 Å². The standard InChI is InChI=1S/C16H28N3O3.Ac/c1-10(2)7-13(18-15(20)21-16(4,5)6)14-9-12(22-19-14)8-11(3)17;/h9-11,13,17H,7-8H2,1-6H3,(H,18,20);/q-1;. The summed E-state index contributed by atoms with van der Waals surface area (Å²) in [5.74, 6) is 1.05. The third kappa shape index (κ3) is 9.69. The predicted octanol–water partition coefficient (Wildman–Crippen LogP) is 4.27. The van der Waals surface area contributed by atoms with Crippen LogP contribution >= 0.6 is 0 Å². The van der Waals surface area contributed by atoms with Gasteiger partial charge in [-0.3, -0.25) is 0 Å². The maximum atomic E-state index is 12.0. The van der Waals surface area contributed by atoms with E-state index in [9.17, 15) is 4.79 Å². The van der Waals surface area contributed by atoms with E-state index in [1.165, 1.54) is 0 Å². The molecule has 0 aromatic carbocycles. The summed E-state index contributed by atoms with van der Waals surface area (Å²) in [6, 6.07) is 1.31. The van der Waals surface area contributed by atoms with Crippen LogP contribution in [0.5, 0.6) is 0 Å². The molecule has 0 saturated heterocycles. The largest absolute Gasteiger partial charge is 0.675 e. The van der Waals surface area contributed by atoms with Crippen LogP contribution in [0.15, 0.2) is 10.6 Å². The van der Waals surface area contributed by atoms with Crippen LogP contribution in [0.3, 0.4) is 0 Å². The molecule has 1 heterocycles. The first-order chi connectivity index (χ1) is 10.1. The number of nitrogens with zero attached hydrogens (tertiary/aromatic N) is 1. The molecule has 7 heteroatoms. The van der Waals surface area contributed by atoms with Crippen LogP contribution < -0.4 is 5.32 Å². The van der Waals surface area contributed by atoms with Crippen LogP contribution in [0.1, 0.15) is 65.5 Å². The minimum atomic E-state index is -0.540. The van der Waals surface area contributed by atoms with Gasteiger partial charge in [-0.2, -0.15) is 0 Å². The Hall–Kier alpha value is -0.118. The van der Waals surface area contributed by atoms with Crippen molar-refractivity contribution in [2.75, 3.05) is 0 Å². The van der Waals surface area contributed by atoms with E-state index in [0.717, 1.165) is 6.42 Å². The molecule has 23 heavy (non-hydrogen) atoms. The molecule has 6 nitrogen and oxygen atoms in total. The average Bonchev–Trinajstić information content (AvgIpc) is 2.72. The van der Waals surface area contributed by atoms with Crippen LogP contribution in [0.2, 0.25) is 0 Å². The number of hydrogen-bond acceptors (Lipinski definition) is 4.